The van der Waals surface area contributed by atoms with E-state index in [1.54, 1.807) is 0 Å². The van der Waals surface area contributed by atoms with Crippen molar-refractivity contribution < 1.29 is 18.5 Å². The number of hydrogen-bond donors (Lipinski definition) is 1. The summed E-state index contributed by atoms with van der Waals surface area (Å²) in [7, 11) is 2.78. The second kappa shape index (κ2) is 20.1. The summed E-state index contributed by atoms with van der Waals surface area (Å²) in [4.78, 5) is 9.91. The Morgan fingerprint density at radius 3 is 1.54 bits per heavy atom. The molecule has 0 aliphatic carbocycles. The topological polar surface area (TPSA) is 46.5 Å². The minimum atomic E-state index is -3.39. The first-order chi connectivity index (χ1) is 16.7. The average Bonchev–Trinajstić information content (AvgIpc) is 2.78. The summed E-state index contributed by atoms with van der Waals surface area (Å²) in [6.07, 6.45) is 22.3. The largest absolute Gasteiger partial charge is 0.329 e. The first-order valence-electron chi connectivity index (χ1n) is 14.2. The van der Waals surface area contributed by atoms with Gasteiger partial charge in [0.25, 0.3) is 0 Å². The van der Waals surface area contributed by atoms with Gasteiger partial charge in [0.15, 0.2) is 0 Å². The fourth-order valence-corrected chi connectivity index (χ4v) is 5.77. The second-order valence-electron chi connectivity index (χ2n) is 11.2. The number of benzene rings is 1. The molecule has 0 amide bonds. The Kier molecular flexibility index (Phi) is 19.0. The number of likely N-dealkylation sites (N-methyl/N-ethyl adjacent to an activating group) is 1. The van der Waals surface area contributed by atoms with Gasteiger partial charge in [-0.3, -0.25) is 4.57 Å². The molecular formula is C29H54INO3P+. The van der Waals surface area contributed by atoms with Crippen molar-refractivity contribution in [1.29, 1.82) is 0 Å². The lowest BCUT2D eigenvalue weighted by molar-refractivity contribution is -0.870. The quantitative estimate of drug-likeness (QED) is 0.0574. The monoisotopic (exact) mass is 622 g/mol. The van der Waals surface area contributed by atoms with Crippen LogP contribution < -0.4 is 0 Å². The van der Waals surface area contributed by atoms with Crippen molar-refractivity contribution in [2.24, 2.45) is 0 Å². The van der Waals surface area contributed by atoms with Crippen LogP contribution in [0.25, 0.3) is 0 Å². The van der Waals surface area contributed by atoms with E-state index in [9.17, 15) is 9.46 Å². The number of hydrogen-bond acceptors (Lipinski definition) is 2. The third-order valence-corrected chi connectivity index (χ3v) is 8.81. The van der Waals surface area contributed by atoms with Gasteiger partial charge in [-0.05, 0) is 59.5 Å². The van der Waals surface area contributed by atoms with Gasteiger partial charge >= 0.3 is 7.60 Å². The molecule has 0 saturated carbocycles. The maximum absolute atomic E-state index is 12.0. The van der Waals surface area contributed by atoms with Crippen LogP contribution >= 0.6 is 30.2 Å². The molecule has 0 spiro atoms. The average molecular weight is 623 g/mol. The lowest BCUT2D eigenvalue weighted by Crippen LogP contribution is -2.37. The standard InChI is InChI=1S/C29H53INO3P/c1-31(2,3)25-26-34-35(32,33)27-19-17-15-13-11-9-7-5-4-6-8-10-12-14-16-18-20-28-21-23-29(30)24-22-28/h21-24H,4-20,25-27H2,1-3H3/p+1. The highest BCUT2D eigenvalue weighted by atomic mass is 127. The van der Waals surface area contributed by atoms with Crippen LogP contribution in [0.4, 0.5) is 0 Å². The molecule has 1 rings (SSSR count). The number of unbranched alkanes of at least 4 members (excludes halogenated alkanes) is 15. The van der Waals surface area contributed by atoms with Crippen LogP contribution in [-0.2, 0) is 15.5 Å². The first kappa shape index (κ1) is 33.1. The minimum Gasteiger partial charge on any atom is -0.329 e. The zero-order valence-electron chi connectivity index (χ0n) is 23.0. The highest BCUT2D eigenvalue weighted by Crippen LogP contribution is 2.42. The molecular weight excluding hydrogens is 568 g/mol. The van der Waals surface area contributed by atoms with E-state index in [2.05, 4.69) is 68.0 Å². The summed E-state index contributed by atoms with van der Waals surface area (Å²) >= 11 is 2.37. The first-order valence-corrected chi connectivity index (χ1v) is 17.0. The van der Waals surface area contributed by atoms with E-state index in [-0.39, 0.29) is 0 Å². The van der Waals surface area contributed by atoms with Gasteiger partial charge in [-0.25, -0.2) is 0 Å². The summed E-state index contributed by atoms with van der Waals surface area (Å²) in [6, 6.07) is 8.96. The van der Waals surface area contributed by atoms with E-state index in [1.807, 2.05) is 0 Å². The van der Waals surface area contributed by atoms with Gasteiger partial charge in [-0.1, -0.05) is 102 Å². The Bertz CT molecular complexity index is 675. The smallest absolute Gasteiger partial charge is 0.328 e. The molecule has 0 fully saturated rings. The van der Waals surface area contributed by atoms with Gasteiger partial charge in [-0.2, -0.15) is 0 Å². The molecule has 1 N–H and O–H groups in total. The zero-order valence-corrected chi connectivity index (χ0v) is 26.0. The number of nitrogens with zero attached hydrogens (tertiary/aromatic N) is 1. The van der Waals surface area contributed by atoms with E-state index in [0.717, 1.165) is 23.9 Å². The predicted molar refractivity (Wildman–Crippen MR) is 160 cm³/mol. The maximum atomic E-state index is 12.0. The third-order valence-electron chi connectivity index (χ3n) is 6.62. The number of halogens is 1. The molecule has 0 heterocycles. The molecule has 0 aromatic heterocycles. The van der Waals surface area contributed by atoms with Crippen molar-refractivity contribution >= 4 is 30.2 Å². The van der Waals surface area contributed by atoms with Gasteiger partial charge in [0.1, 0.15) is 13.2 Å². The molecule has 35 heavy (non-hydrogen) atoms. The van der Waals surface area contributed by atoms with Crippen molar-refractivity contribution in [3.63, 3.8) is 0 Å². The number of quaternary nitrogens is 1. The van der Waals surface area contributed by atoms with Gasteiger partial charge < -0.3 is 13.9 Å². The Morgan fingerprint density at radius 2 is 1.11 bits per heavy atom. The van der Waals surface area contributed by atoms with Crippen LogP contribution in [0.1, 0.15) is 108 Å². The molecule has 4 nitrogen and oxygen atoms in total. The van der Waals surface area contributed by atoms with Crippen LogP contribution in [0.2, 0.25) is 0 Å². The van der Waals surface area contributed by atoms with Gasteiger partial charge in [-0.15, -0.1) is 0 Å². The highest BCUT2D eigenvalue weighted by Gasteiger charge is 2.20. The van der Waals surface area contributed by atoms with Crippen LogP contribution in [0.3, 0.4) is 0 Å². The van der Waals surface area contributed by atoms with Crippen molar-refractivity contribution in [3.05, 3.63) is 33.4 Å². The molecule has 6 heteroatoms. The molecule has 0 aliphatic heterocycles. The van der Waals surface area contributed by atoms with Crippen molar-refractivity contribution in [1.82, 2.24) is 0 Å². The summed E-state index contributed by atoms with van der Waals surface area (Å²) in [5, 5.41) is 0. The van der Waals surface area contributed by atoms with E-state index < -0.39 is 7.60 Å². The Labute approximate surface area is 230 Å². The lowest BCUT2D eigenvalue weighted by atomic mass is 10.0. The molecule has 204 valence electrons. The van der Waals surface area contributed by atoms with Crippen LogP contribution in [0, 0.1) is 3.57 Å². The van der Waals surface area contributed by atoms with E-state index >= 15 is 0 Å². The van der Waals surface area contributed by atoms with Crippen molar-refractivity contribution in [2.75, 3.05) is 40.5 Å². The van der Waals surface area contributed by atoms with Crippen molar-refractivity contribution in [2.45, 2.75) is 109 Å². The molecule has 1 aromatic rings. The van der Waals surface area contributed by atoms with Gasteiger partial charge in [0.05, 0.1) is 21.1 Å². The Balaban J connectivity index is 1.77. The predicted octanol–water partition coefficient (Wildman–Crippen LogP) is 8.98. The van der Waals surface area contributed by atoms with Gasteiger partial charge in [0, 0.05) is 9.73 Å². The summed E-state index contributed by atoms with van der Waals surface area (Å²) in [6.45, 7) is 1.10. The Hall–Kier alpha value is 0.0600. The van der Waals surface area contributed by atoms with E-state index in [4.69, 9.17) is 4.52 Å². The second-order valence-corrected chi connectivity index (χ2v) is 14.5. The zero-order chi connectivity index (χ0) is 25.8. The molecule has 0 bridgehead atoms. The van der Waals surface area contributed by atoms with E-state index in [1.165, 1.54) is 105 Å². The minimum absolute atomic E-state index is 0.303. The summed E-state index contributed by atoms with van der Waals surface area (Å²) < 4.78 is 19.4. The SMILES string of the molecule is C[N+](C)(C)CCOP(=O)(O)CCCCCCCCCCCCCCCCCCc1ccc(I)cc1. The molecule has 1 atom stereocenters. The fourth-order valence-electron chi connectivity index (χ4n) is 4.29. The number of rotatable bonds is 23. The molecule has 0 aliphatic rings. The van der Waals surface area contributed by atoms with Crippen LogP contribution in [0.15, 0.2) is 24.3 Å². The molecule has 1 aromatic carbocycles. The highest BCUT2D eigenvalue weighted by molar-refractivity contribution is 14.1. The van der Waals surface area contributed by atoms with Crippen molar-refractivity contribution in [3.8, 4) is 0 Å². The summed E-state index contributed by atoms with van der Waals surface area (Å²) in [5.41, 5.74) is 1.48. The Morgan fingerprint density at radius 1 is 0.714 bits per heavy atom. The maximum Gasteiger partial charge on any atom is 0.328 e. The molecule has 0 radical (unpaired) electrons. The third kappa shape index (κ3) is 21.8. The van der Waals surface area contributed by atoms with Gasteiger partial charge in [0.2, 0.25) is 0 Å². The van der Waals surface area contributed by atoms with E-state index in [0.29, 0.717) is 12.8 Å². The fraction of sp³-hybridized carbons (Fsp3) is 0.793. The lowest BCUT2D eigenvalue weighted by Gasteiger charge is -2.24. The summed E-state index contributed by atoms with van der Waals surface area (Å²) in [5.74, 6) is 0. The van der Waals surface area contributed by atoms with Crippen LogP contribution in [0.5, 0.6) is 0 Å². The molecule has 0 saturated heterocycles. The molecule has 1 unspecified atom stereocenters. The normalized spacial score (nSPS) is 13.7. The number of aryl methyl sites for hydroxylation is 1. The van der Waals surface area contributed by atoms with Crippen LogP contribution in [-0.4, -0.2) is 49.8 Å².